The molecule has 1 N–H and O–H groups in total. The van der Waals surface area contributed by atoms with Crippen molar-refractivity contribution in [3.8, 4) is 0 Å². The predicted molar refractivity (Wildman–Crippen MR) is 78.9 cm³/mol. The summed E-state index contributed by atoms with van der Waals surface area (Å²) < 4.78 is 7.01. The van der Waals surface area contributed by atoms with Gasteiger partial charge >= 0.3 is 0 Å². The molecule has 0 spiro atoms. The van der Waals surface area contributed by atoms with Gasteiger partial charge in [-0.1, -0.05) is 23.7 Å². The highest BCUT2D eigenvalue weighted by molar-refractivity contribution is 6.30. The summed E-state index contributed by atoms with van der Waals surface area (Å²) in [5, 5.41) is 7.43. The summed E-state index contributed by atoms with van der Waals surface area (Å²) in [4.78, 5) is 15.6. The molecule has 0 aliphatic rings. The largest absolute Gasteiger partial charge is 0.375 e. The molecule has 2 rings (SSSR count). The first-order chi connectivity index (χ1) is 10.2. The molecule has 1 atom stereocenters. The second-order valence-electron chi connectivity index (χ2n) is 4.49. The van der Waals surface area contributed by atoms with Crippen LogP contribution in [-0.4, -0.2) is 34.3 Å². The van der Waals surface area contributed by atoms with Crippen LogP contribution in [0.25, 0.3) is 0 Å². The molecule has 0 saturated carbocycles. The minimum atomic E-state index is -0.223. The standard InChI is InChI=1S/C14H17ClN4O2/c1-21-13(11-3-2-4-12(15)7-11)8-17-14(20)5-6-19-10-16-9-18-19/h2-4,7,9-10,13H,5-6,8H2,1H3,(H,17,20)/t13-/m1/s1. The number of hydrogen-bond donors (Lipinski definition) is 1. The minimum Gasteiger partial charge on any atom is -0.375 e. The smallest absolute Gasteiger partial charge is 0.221 e. The van der Waals surface area contributed by atoms with Crippen LogP contribution in [0.4, 0.5) is 0 Å². The van der Waals surface area contributed by atoms with Crippen LogP contribution in [0.2, 0.25) is 5.02 Å². The van der Waals surface area contributed by atoms with E-state index in [1.54, 1.807) is 24.2 Å². The van der Waals surface area contributed by atoms with E-state index < -0.39 is 0 Å². The zero-order chi connectivity index (χ0) is 15.1. The second kappa shape index (κ2) is 7.75. The molecule has 21 heavy (non-hydrogen) atoms. The molecule has 0 bridgehead atoms. The number of ether oxygens (including phenoxy) is 1. The van der Waals surface area contributed by atoms with E-state index in [9.17, 15) is 4.79 Å². The van der Waals surface area contributed by atoms with E-state index in [1.807, 2.05) is 18.2 Å². The number of rotatable bonds is 7. The topological polar surface area (TPSA) is 69.0 Å². The van der Waals surface area contributed by atoms with Gasteiger partial charge in [0.05, 0.1) is 12.6 Å². The molecule has 0 aliphatic carbocycles. The van der Waals surface area contributed by atoms with Crippen LogP contribution in [0.15, 0.2) is 36.9 Å². The normalized spacial score (nSPS) is 12.1. The maximum Gasteiger partial charge on any atom is 0.221 e. The van der Waals surface area contributed by atoms with Crippen molar-refractivity contribution in [3.05, 3.63) is 47.5 Å². The number of hydrogen-bond acceptors (Lipinski definition) is 4. The van der Waals surface area contributed by atoms with Crippen molar-refractivity contribution in [1.29, 1.82) is 0 Å². The molecular weight excluding hydrogens is 292 g/mol. The summed E-state index contributed by atoms with van der Waals surface area (Å²) in [7, 11) is 1.60. The Morgan fingerprint density at radius 3 is 3.05 bits per heavy atom. The summed E-state index contributed by atoms with van der Waals surface area (Å²) in [6, 6.07) is 7.41. The second-order valence-corrected chi connectivity index (χ2v) is 4.93. The highest BCUT2D eigenvalue weighted by atomic mass is 35.5. The fourth-order valence-corrected chi connectivity index (χ4v) is 2.10. The Bertz CT molecular complexity index is 574. The van der Waals surface area contributed by atoms with Gasteiger partial charge in [-0.2, -0.15) is 5.10 Å². The van der Waals surface area contributed by atoms with Crippen molar-refractivity contribution in [2.75, 3.05) is 13.7 Å². The molecule has 1 amide bonds. The van der Waals surface area contributed by atoms with E-state index in [2.05, 4.69) is 15.4 Å². The first-order valence-corrected chi connectivity index (χ1v) is 6.94. The average molecular weight is 309 g/mol. The van der Waals surface area contributed by atoms with E-state index in [-0.39, 0.29) is 12.0 Å². The maximum absolute atomic E-state index is 11.8. The Morgan fingerprint density at radius 1 is 1.52 bits per heavy atom. The lowest BCUT2D eigenvalue weighted by Crippen LogP contribution is -2.29. The number of halogens is 1. The Balaban J connectivity index is 1.81. The third-order valence-electron chi connectivity index (χ3n) is 3.02. The van der Waals surface area contributed by atoms with Crippen LogP contribution in [0, 0.1) is 0 Å². The fourth-order valence-electron chi connectivity index (χ4n) is 1.90. The Morgan fingerprint density at radius 2 is 2.38 bits per heavy atom. The van der Waals surface area contributed by atoms with Gasteiger partial charge in [0.1, 0.15) is 12.7 Å². The van der Waals surface area contributed by atoms with Gasteiger partial charge < -0.3 is 10.1 Å². The first kappa shape index (κ1) is 15.5. The molecule has 0 radical (unpaired) electrons. The number of nitrogens with zero attached hydrogens (tertiary/aromatic N) is 3. The van der Waals surface area contributed by atoms with Crippen LogP contribution in [0.1, 0.15) is 18.1 Å². The van der Waals surface area contributed by atoms with Crippen LogP contribution in [0.5, 0.6) is 0 Å². The zero-order valence-corrected chi connectivity index (χ0v) is 12.5. The number of methoxy groups -OCH3 is 1. The van der Waals surface area contributed by atoms with Crippen LogP contribution in [0.3, 0.4) is 0 Å². The van der Waals surface area contributed by atoms with Crippen molar-refractivity contribution in [2.45, 2.75) is 19.1 Å². The molecule has 1 aromatic carbocycles. The third kappa shape index (κ3) is 4.84. The van der Waals surface area contributed by atoms with Crippen LogP contribution in [-0.2, 0) is 16.1 Å². The van der Waals surface area contributed by atoms with Gasteiger partial charge in [0.2, 0.25) is 5.91 Å². The van der Waals surface area contributed by atoms with Crippen molar-refractivity contribution in [2.24, 2.45) is 0 Å². The molecule has 0 aliphatic heterocycles. The van der Waals surface area contributed by atoms with Crippen LogP contribution >= 0.6 is 11.6 Å². The number of nitrogens with one attached hydrogen (secondary N) is 1. The Hall–Kier alpha value is -1.92. The highest BCUT2D eigenvalue weighted by Crippen LogP contribution is 2.19. The van der Waals surface area contributed by atoms with Gasteiger partial charge in [-0.15, -0.1) is 0 Å². The Labute approximate surface area is 128 Å². The van der Waals surface area contributed by atoms with Gasteiger partial charge in [-0.05, 0) is 17.7 Å². The van der Waals surface area contributed by atoms with Crippen molar-refractivity contribution < 1.29 is 9.53 Å². The SMILES string of the molecule is CO[C@H](CNC(=O)CCn1cncn1)c1cccc(Cl)c1. The highest BCUT2D eigenvalue weighted by Gasteiger charge is 2.12. The summed E-state index contributed by atoms with van der Waals surface area (Å²) in [6.45, 7) is 0.897. The van der Waals surface area contributed by atoms with Crippen LogP contribution < -0.4 is 5.32 Å². The van der Waals surface area contributed by atoms with Gasteiger partial charge in [-0.3, -0.25) is 9.48 Å². The van der Waals surface area contributed by atoms with Crippen molar-refractivity contribution >= 4 is 17.5 Å². The molecule has 7 heteroatoms. The number of amides is 1. The molecule has 1 heterocycles. The van der Waals surface area contributed by atoms with E-state index in [4.69, 9.17) is 16.3 Å². The predicted octanol–water partition coefficient (Wildman–Crippen LogP) is 1.83. The third-order valence-corrected chi connectivity index (χ3v) is 3.26. The lowest BCUT2D eigenvalue weighted by Gasteiger charge is -2.16. The van der Waals surface area contributed by atoms with Gasteiger partial charge in [-0.25, -0.2) is 4.98 Å². The quantitative estimate of drug-likeness (QED) is 0.847. The molecular formula is C14H17ClN4O2. The molecule has 1 aromatic heterocycles. The lowest BCUT2D eigenvalue weighted by atomic mass is 10.1. The summed E-state index contributed by atoms with van der Waals surface area (Å²) in [5.74, 6) is -0.0606. The molecule has 0 unspecified atom stereocenters. The van der Waals surface area contributed by atoms with E-state index >= 15 is 0 Å². The van der Waals surface area contributed by atoms with E-state index in [0.29, 0.717) is 24.5 Å². The number of aromatic nitrogens is 3. The summed E-state index contributed by atoms with van der Waals surface area (Å²) in [5.41, 5.74) is 0.932. The van der Waals surface area contributed by atoms with Gasteiger partial charge in [0.25, 0.3) is 0 Å². The molecule has 6 nitrogen and oxygen atoms in total. The maximum atomic E-state index is 11.8. The van der Waals surface area contributed by atoms with Crippen molar-refractivity contribution in [3.63, 3.8) is 0 Å². The number of aryl methyl sites for hydroxylation is 1. The number of carbonyl (C=O) groups is 1. The van der Waals surface area contributed by atoms with Crippen molar-refractivity contribution in [1.82, 2.24) is 20.1 Å². The Kier molecular flexibility index (Phi) is 5.71. The lowest BCUT2D eigenvalue weighted by molar-refractivity contribution is -0.121. The number of benzene rings is 1. The minimum absolute atomic E-state index is 0.0606. The molecule has 112 valence electrons. The fraction of sp³-hybridized carbons (Fsp3) is 0.357. The van der Waals surface area contributed by atoms with E-state index in [1.165, 1.54) is 6.33 Å². The molecule has 0 saturated heterocycles. The molecule has 0 fully saturated rings. The number of carbonyl (C=O) groups excluding carboxylic acids is 1. The summed E-state index contributed by atoms with van der Waals surface area (Å²) >= 11 is 5.96. The summed E-state index contributed by atoms with van der Waals surface area (Å²) in [6.07, 6.45) is 3.14. The van der Waals surface area contributed by atoms with E-state index in [0.717, 1.165) is 5.56 Å². The van der Waals surface area contributed by atoms with Gasteiger partial charge in [0, 0.05) is 25.1 Å². The monoisotopic (exact) mass is 308 g/mol. The zero-order valence-electron chi connectivity index (χ0n) is 11.7. The first-order valence-electron chi connectivity index (χ1n) is 6.56. The molecule has 2 aromatic rings. The average Bonchev–Trinajstić information content (AvgIpc) is 2.99. The van der Waals surface area contributed by atoms with Gasteiger partial charge in [0.15, 0.2) is 0 Å².